The Kier molecular flexibility index (Phi) is 6.61. The van der Waals surface area contributed by atoms with Gasteiger partial charge < -0.3 is 20.3 Å². The lowest BCUT2D eigenvalue weighted by Crippen LogP contribution is -2.38. The van der Waals surface area contributed by atoms with Crippen LogP contribution >= 0.6 is 11.6 Å². The van der Waals surface area contributed by atoms with Crippen molar-refractivity contribution in [3.05, 3.63) is 88.9 Å². The molecule has 0 spiro atoms. The molecule has 1 aliphatic rings. The number of nitrogens with one attached hydrogen (secondary N) is 2. The van der Waals surface area contributed by atoms with E-state index in [0.717, 1.165) is 11.1 Å². The normalized spacial score (nSPS) is 15.4. The molecule has 0 radical (unpaired) electrons. The van der Waals surface area contributed by atoms with Crippen LogP contribution in [0.4, 0.5) is 16.2 Å². The van der Waals surface area contributed by atoms with Crippen molar-refractivity contribution in [3.63, 3.8) is 0 Å². The number of nitrogens with zero attached hydrogens (tertiary/aromatic N) is 1. The second-order valence-electron chi connectivity index (χ2n) is 7.61. The first-order valence-corrected chi connectivity index (χ1v) is 10.9. The highest BCUT2D eigenvalue weighted by atomic mass is 35.5. The SMILES string of the molecule is CC[C@H]1Oc2ccc(NC(=O)Nc3cccc(Cl)c3)cc2CN(Cc2ccccc2)C1=O. The molecular weight excluding hydrogens is 426 g/mol. The molecule has 32 heavy (non-hydrogen) atoms. The van der Waals surface area contributed by atoms with Gasteiger partial charge in [0.25, 0.3) is 5.91 Å². The molecular formula is C25H24ClN3O3. The lowest BCUT2D eigenvalue weighted by molar-refractivity contribution is -0.139. The first-order chi connectivity index (χ1) is 15.5. The predicted molar refractivity (Wildman–Crippen MR) is 126 cm³/mol. The summed E-state index contributed by atoms with van der Waals surface area (Å²) in [5, 5.41) is 6.13. The van der Waals surface area contributed by atoms with Crippen LogP contribution in [-0.4, -0.2) is 22.9 Å². The fourth-order valence-corrected chi connectivity index (χ4v) is 3.83. The Labute approximate surface area is 192 Å². The van der Waals surface area contributed by atoms with Gasteiger partial charge in [-0.2, -0.15) is 0 Å². The summed E-state index contributed by atoms with van der Waals surface area (Å²) in [6.07, 6.45) is 0.0379. The highest BCUT2D eigenvalue weighted by molar-refractivity contribution is 6.30. The topological polar surface area (TPSA) is 70.7 Å². The van der Waals surface area contributed by atoms with Crippen LogP contribution in [0.3, 0.4) is 0 Å². The molecule has 7 heteroatoms. The number of urea groups is 1. The van der Waals surface area contributed by atoms with Crippen molar-refractivity contribution in [2.75, 3.05) is 10.6 Å². The molecule has 3 aromatic rings. The third-order valence-electron chi connectivity index (χ3n) is 5.21. The molecule has 0 fully saturated rings. The van der Waals surface area contributed by atoms with Gasteiger partial charge in [-0.05, 0) is 48.4 Å². The molecule has 6 nitrogen and oxygen atoms in total. The summed E-state index contributed by atoms with van der Waals surface area (Å²) in [4.78, 5) is 27.3. The Morgan fingerprint density at radius 1 is 1.03 bits per heavy atom. The maximum Gasteiger partial charge on any atom is 0.323 e. The standard InChI is InChI=1S/C25H24ClN3O3/c1-2-22-24(30)29(15-17-7-4-3-5-8-17)16-18-13-21(11-12-23(18)32-22)28-25(31)27-20-10-6-9-19(26)14-20/h3-14,22H,2,15-16H2,1H3,(H2,27,28,31)/t22-/m1/s1. The summed E-state index contributed by atoms with van der Waals surface area (Å²) < 4.78 is 6.02. The Bertz CT molecular complexity index is 1120. The maximum atomic E-state index is 13.1. The summed E-state index contributed by atoms with van der Waals surface area (Å²) in [5.74, 6) is 0.613. The van der Waals surface area contributed by atoms with E-state index in [4.69, 9.17) is 16.3 Å². The molecule has 0 unspecified atom stereocenters. The van der Waals surface area contributed by atoms with E-state index in [1.807, 2.05) is 43.3 Å². The van der Waals surface area contributed by atoms with Crippen LogP contribution in [0, 0.1) is 0 Å². The van der Waals surface area contributed by atoms with E-state index in [1.165, 1.54) is 0 Å². The number of amides is 3. The predicted octanol–water partition coefficient (Wildman–Crippen LogP) is 5.68. The average molecular weight is 450 g/mol. The largest absolute Gasteiger partial charge is 0.480 e. The second kappa shape index (κ2) is 9.75. The van der Waals surface area contributed by atoms with Crippen molar-refractivity contribution < 1.29 is 14.3 Å². The third kappa shape index (κ3) is 5.21. The van der Waals surface area contributed by atoms with Crippen molar-refractivity contribution in [2.45, 2.75) is 32.5 Å². The lowest BCUT2D eigenvalue weighted by atomic mass is 10.1. The van der Waals surface area contributed by atoms with Gasteiger partial charge in [0.15, 0.2) is 6.10 Å². The Morgan fingerprint density at radius 3 is 2.50 bits per heavy atom. The molecule has 4 rings (SSSR count). The zero-order valence-electron chi connectivity index (χ0n) is 17.7. The molecule has 0 aliphatic carbocycles. The van der Waals surface area contributed by atoms with Crippen LogP contribution in [0.15, 0.2) is 72.8 Å². The van der Waals surface area contributed by atoms with E-state index in [1.54, 1.807) is 41.3 Å². The average Bonchev–Trinajstić information content (AvgIpc) is 2.90. The number of carbonyl (C=O) groups is 2. The van der Waals surface area contributed by atoms with Gasteiger partial charge in [-0.3, -0.25) is 4.79 Å². The zero-order chi connectivity index (χ0) is 22.5. The van der Waals surface area contributed by atoms with Gasteiger partial charge in [-0.1, -0.05) is 54.9 Å². The van der Waals surface area contributed by atoms with Gasteiger partial charge in [0.05, 0.1) is 0 Å². The van der Waals surface area contributed by atoms with Gasteiger partial charge in [0.1, 0.15) is 5.75 Å². The Morgan fingerprint density at radius 2 is 1.78 bits per heavy atom. The van der Waals surface area contributed by atoms with Gasteiger partial charge in [0, 0.05) is 35.1 Å². The van der Waals surface area contributed by atoms with Crippen LogP contribution in [-0.2, 0) is 17.9 Å². The zero-order valence-corrected chi connectivity index (χ0v) is 18.4. The van der Waals surface area contributed by atoms with E-state index in [0.29, 0.717) is 41.7 Å². The quantitative estimate of drug-likeness (QED) is 0.526. The summed E-state index contributed by atoms with van der Waals surface area (Å²) >= 11 is 5.97. The first-order valence-electron chi connectivity index (χ1n) is 10.5. The van der Waals surface area contributed by atoms with Crippen molar-refractivity contribution in [2.24, 2.45) is 0 Å². The number of ether oxygens (including phenoxy) is 1. The molecule has 3 amide bonds. The number of fused-ring (bicyclic) bond motifs is 1. The Hall–Kier alpha value is -3.51. The summed E-state index contributed by atoms with van der Waals surface area (Å²) in [6, 6.07) is 21.8. The molecule has 0 aromatic heterocycles. The molecule has 0 bridgehead atoms. The number of halogens is 1. The maximum absolute atomic E-state index is 13.1. The summed E-state index contributed by atoms with van der Waals surface area (Å²) in [6.45, 7) is 2.82. The number of rotatable bonds is 5. The number of anilines is 2. The van der Waals surface area contributed by atoms with Crippen LogP contribution in [0.2, 0.25) is 5.02 Å². The van der Waals surface area contributed by atoms with Crippen LogP contribution < -0.4 is 15.4 Å². The van der Waals surface area contributed by atoms with E-state index in [2.05, 4.69) is 10.6 Å². The monoisotopic (exact) mass is 449 g/mol. The first kappa shape index (κ1) is 21.7. The lowest BCUT2D eigenvalue weighted by Gasteiger charge is -2.23. The second-order valence-corrected chi connectivity index (χ2v) is 8.04. The van der Waals surface area contributed by atoms with Gasteiger partial charge >= 0.3 is 6.03 Å². The Balaban J connectivity index is 1.53. The number of hydrogen-bond acceptors (Lipinski definition) is 3. The van der Waals surface area contributed by atoms with Crippen molar-refractivity contribution in [1.29, 1.82) is 0 Å². The van der Waals surface area contributed by atoms with Crippen molar-refractivity contribution in [3.8, 4) is 5.75 Å². The van der Waals surface area contributed by atoms with Gasteiger partial charge in [-0.25, -0.2) is 4.79 Å². The number of hydrogen-bond donors (Lipinski definition) is 2. The molecule has 1 atom stereocenters. The minimum atomic E-state index is -0.537. The number of benzene rings is 3. The van der Waals surface area contributed by atoms with Crippen LogP contribution in [0.25, 0.3) is 0 Å². The van der Waals surface area contributed by atoms with Gasteiger partial charge in [0.2, 0.25) is 0 Å². The molecule has 1 heterocycles. The van der Waals surface area contributed by atoms with E-state index in [-0.39, 0.29) is 11.9 Å². The highest BCUT2D eigenvalue weighted by Gasteiger charge is 2.30. The van der Waals surface area contributed by atoms with Crippen molar-refractivity contribution >= 4 is 34.9 Å². The van der Waals surface area contributed by atoms with Gasteiger partial charge in [-0.15, -0.1) is 0 Å². The third-order valence-corrected chi connectivity index (χ3v) is 5.44. The molecule has 3 aromatic carbocycles. The van der Waals surface area contributed by atoms with Crippen molar-refractivity contribution in [1.82, 2.24) is 4.90 Å². The van der Waals surface area contributed by atoms with E-state index < -0.39 is 6.10 Å². The fraction of sp³-hybridized carbons (Fsp3) is 0.200. The highest BCUT2D eigenvalue weighted by Crippen LogP contribution is 2.30. The summed E-state index contributed by atoms with van der Waals surface area (Å²) in [7, 11) is 0. The van der Waals surface area contributed by atoms with Crippen LogP contribution in [0.1, 0.15) is 24.5 Å². The smallest absolute Gasteiger partial charge is 0.323 e. The molecule has 164 valence electrons. The number of carbonyl (C=O) groups excluding carboxylic acids is 2. The van der Waals surface area contributed by atoms with E-state index >= 15 is 0 Å². The fourth-order valence-electron chi connectivity index (χ4n) is 3.64. The van der Waals surface area contributed by atoms with Crippen LogP contribution in [0.5, 0.6) is 5.75 Å². The molecule has 1 aliphatic heterocycles. The minimum absolute atomic E-state index is 0.0410. The molecule has 0 saturated carbocycles. The summed E-state index contributed by atoms with van der Waals surface area (Å²) in [5.41, 5.74) is 3.09. The molecule has 0 saturated heterocycles. The molecule has 2 N–H and O–H groups in total. The minimum Gasteiger partial charge on any atom is -0.480 e. The van der Waals surface area contributed by atoms with E-state index in [9.17, 15) is 9.59 Å².